The van der Waals surface area contributed by atoms with E-state index in [4.69, 9.17) is 0 Å². The van der Waals surface area contributed by atoms with E-state index in [2.05, 4.69) is 171 Å². The van der Waals surface area contributed by atoms with E-state index in [1.807, 2.05) is 25.1 Å². The highest BCUT2D eigenvalue weighted by atomic mass is 32.1. The maximum Gasteiger partial charge on any atom is 0.195 e. The predicted molar refractivity (Wildman–Crippen MR) is 241 cm³/mol. The lowest BCUT2D eigenvalue weighted by molar-refractivity contribution is 0.628. The summed E-state index contributed by atoms with van der Waals surface area (Å²) < 4.78 is 13.9. The molecular formula is C52H46FNOS. The third kappa shape index (κ3) is 10.0. The molecule has 4 heteroatoms. The molecule has 278 valence electrons. The first-order valence-corrected chi connectivity index (χ1v) is 19.7. The lowest BCUT2D eigenvalue weighted by atomic mass is 10.0. The number of rotatable bonds is 6. The first kappa shape index (κ1) is 39.3. The van der Waals surface area contributed by atoms with Crippen molar-refractivity contribution >= 4 is 42.9 Å². The lowest BCUT2D eigenvalue weighted by Crippen LogP contribution is -2.14. The van der Waals surface area contributed by atoms with Crippen molar-refractivity contribution in [2.24, 2.45) is 0 Å². The molecule has 0 radical (unpaired) electrons. The number of para-hydroxylation sites is 1. The Bertz CT molecular complexity index is 2600. The molecule has 0 fully saturated rings. The number of hydrogen-bond donors (Lipinski definition) is 0. The summed E-state index contributed by atoms with van der Waals surface area (Å²) in [6.07, 6.45) is 18.0. The van der Waals surface area contributed by atoms with Crippen LogP contribution in [-0.2, 0) is 0 Å². The Morgan fingerprint density at radius 2 is 1.18 bits per heavy atom. The summed E-state index contributed by atoms with van der Waals surface area (Å²) in [5.41, 5.74) is 10.5. The van der Waals surface area contributed by atoms with Crippen LogP contribution < -0.4 is 10.3 Å². The normalized spacial score (nSPS) is 12.4. The molecule has 0 spiro atoms. The van der Waals surface area contributed by atoms with E-state index in [0.29, 0.717) is 0 Å². The van der Waals surface area contributed by atoms with Gasteiger partial charge in [-0.05, 0) is 123 Å². The van der Waals surface area contributed by atoms with Gasteiger partial charge in [0.25, 0.3) is 0 Å². The van der Waals surface area contributed by atoms with Gasteiger partial charge in [-0.3, -0.25) is 4.79 Å². The minimum absolute atomic E-state index is 0.0902. The van der Waals surface area contributed by atoms with E-state index in [-0.39, 0.29) is 11.2 Å². The second-order valence-electron chi connectivity index (χ2n) is 13.4. The van der Waals surface area contributed by atoms with Crippen LogP contribution in [0.25, 0.3) is 42.4 Å². The molecule has 0 unspecified atom stereocenters. The van der Waals surface area contributed by atoms with Gasteiger partial charge < -0.3 is 4.90 Å². The standard InChI is InChI=1S/C38H31NOS.C8H10.C6H5F/c1-4-9-31(5-2)39(32-10-7-6-8-11-32)33-20-16-28(17-21-33)30-19-23-35-37(25-30)41-36-24-29(18-22-34(36)38(35)40)27-14-12-26(3)13-15-27;1-8-6-4-2-3-5-7-8;7-6-4-2-1-3-5-6/h4-25H,1-3H3;2,4-7H,3H2,1H3;1-5H/b9-4-,31-5+;;. The molecule has 0 aliphatic heterocycles. The van der Waals surface area contributed by atoms with Crippen LogP contribution in [0.3, 0.4) is 0 Å². The average Bonchev–Trinajstić information content (AvgIpc) is 3.49. The Labute approximate surface area is 334 Å². The topological polar surface area (TPSA) is 20.3 Å². The fourth-order valence-corrected chi connectivity index (χ4v) is 7.51. The van der Waals surface area contributed by atoms with Gasteiger partial charge >= 0.3 is 0 Å². The molecule has 0 N–H and O–H groups in total. The van der Waals surface area contributed by atoms with Crippen molar-refractivity contribution in [3.63, 3.8) is 0 Å². The van der Waals surface area contributed by atoms with Gasteiger partial charge in [0, 0.05) is 37.2 Å². The minimum atomic E-state index is -0.178. The highest BCUT2D eigenvalue weighted by Crippen LogP contribution is 2.35. The van der Waals surface area contributed by atoms with E-state index in [0.717, 1.165) is 65.9 Å². The first-order valence-electron chi connectivity index (χ1n) is 18.9. The SMILES string of the molecule is C/C=C\C(=C/C)N(c1ccccc1)c1ccc(-c2ccc3c(=O)c4ccc(-c5ccc(C)cc5)cc4sc3c2)cc1.CC1=CC=CCC=C1.Fc1ccccc1. The maximum atomic E-state index is 13.4. The van der Waals surface area contributed by atoms with Crippen molar-refractivity contribution in [3.05, 3.63) is 227 Å². The third-order valence-corrected chi connectivity index (χ3v) is 10.4. The first-order chi connectivity index (χ1) is 27.3. The van der Waals surface area contributed by atoms with Crippen LogP contribution in [0.2, 0.25) is 0 Å². The molecule has 6 aromatic carbocycles. The zero-order chi connectivity index (χ0) is 39.3. The van der Waals surface area contributed by atoms with Gasteiger partial charge in [-0.25, -0.2) is 4.39 Å². The predicted octanol–water partition coefficient (Wildman–Crippen LogP) is 14.9. The smallest absolute Gasteiger partial charge is 0.195 e. The summed E-state index contributed by atoms with van der Waals surface area (Å²) in [6.45, 7) is 8.30. The molecule has 1 aromatic heterocycles. The van der Waals surface area contributed by atoms with Crippen molar-refractivity contribution < 1.29 is 4.39 Å². The second-order valence-corrected chi connectivity index (χ2v) is 14.5. The third-order valence-electron chi connectivity index (χ3n) is 9.30. The van der Waals surface area contributed by atoms with Crippen LogP contribution >= 0.6 is 11.3 Å². The lowest BCUT2D eigenvalue weighted by Gasteiger charge is -2.26. The largest absolute Gasteiger partial charge is 0.311 e. The maximum absolute atomic E-state index is 13.4. The Hall–Kier alpha value is -6.36. The average molecular weight is 752 g/mol. The molecule has 7 aromatic rings. The quantitative estimate of drug-likeness (QED) is 0.125. The van der Waals surface area contributed by atoms with Crippen molar-refractivity contribution in [1.29, 1.82) is 0 Å². The van der Waals surface area contributed by atoms with Gasteiger partial charge in [0.1, 0.15) is 5.82 Å². The monoisotopic (exact) mass is 751 g/mol. The number of halogens is 1. The molecule has 1 aliphatic rings. The number of aryl methyl sites for hydroxylation is 1. The molecule has 8 rings (SSSR count). The van der Waals surface area contributed by atoms with Crippen molar-refractivity contribution in [3.8, 4) is 22.3 Å². The summed E-state index contributed by atoms with van der Waals surface area (Å²) in [4.78, 5) is 15.7. The van der Waals surface area contributed by atoms with E-state index in [1.165, 1.54) is 23.3 Å². The summed E-state index contributed by atoms with van der Waals surface area (Å²) in [5.74, 6) is -0.178. The number of allylic oxidation sites excluding steroid dienone is 9. The van der Waals surface area contributed by atoms with Gasteiger partial charge in [-0.15, -0.1) is 11.3 Å². The fraction of sp³-hybridized carbons (Fsp3) is 0.0962. The zero-order valence-electron chi connectivity index (χ0n) is 32.3. The number of anilines is 2. The van der Waals surface area contributed by atoms with Crippen LogP contribution in [-0.4, -0.2) is 0 Å². The molecule has 2 nitrogen and oxygen atoms in total. The van der Waals surface area contributed by atoms with Gasteiger partial charge in [0.15, 0.2) is 5.43 Å². The van der Waals surface area contributed by atoms with Gasteiger partial charge in [0.2, 0.25) is 0 Å². The molecule has 0 saturated carbocycles. The van der Waals surface area contributed by atoms with Crippen molar-refractivity contribution in [2.75, 3.05) is 4.90 Å². The van der Waals surface area contributed by atoms with Gasteiger partial charge in [-0.1, -0.05) is 139 Å². The van der Waals surface area contributed by atoms with Gasteiger partial charge in [-0.2, -0.15) is 0 Å². The van der Waals surface area contributed by atoms with Gasteiger partial charge in [0.05, 0.1) is 0 Å². The molecule has 0 amide bonds. The van der Waals surface area contributed by atoms with E-state index < -0.39 is 0 Å². The summed E-state index contributed by atoms with van der Waals surface area (Å²) in [5, 5.41) is 1.54. The molecular weight excluding hydrogens is 706 g/mol. The molecule has 1 aliphatic carbocycles. The molecule has 0 saturated heterocycles. The number of nitrogens with zero attached hydrogens (tertiary/aromatic N) is 1. The molecule has 0 atom stereocenters. The zero-order valence-corrected chi connectivity index (χ0v) is 33.1. The van der Waals surface area contributed by atoms with Crippen LogP contribution in [0.15, 0.2) is 210 Å². The highest BCUT2D eigenvalue weighted by Gasteiger charge is 2.13. The van der Waals surface area contributed by atoms with Crippen molar-refractivity contribution in [2.45, 2.75) is 34.1 Å². The Balaban J connectivity index is 0.000000294. The summed E-state index contributed by atoms with van der Waals surface area (Å²) in [6, 6.07) is 47.9. The molecule has 56 heavy (non-hydrogen) atoms. The Morgan fingerprint density at radius 1 is 0.643 bits per heavy atom. The van der Waals surface area contributed by atoms with Crippen LogP contribution in [0, 0.1) is 12.7 Å². The number of hydrogen-bond acceptors (Lipinski definition) is 3. The molecule has 1 heterocycles. The van der Waals surface area contributed by atoms with Crippen LogP contribution in [0.5, 0.6) is 0 Å². The molecule has 0 bridgehead atoms. The Kier molecular flexibility index (Phi) is 13.6. The van der Waals surface area contributed by atoms with E-state index in [9.17, 15) is 9.18 Å². The summed E-state index contributed by atoms with van der Waals surface area (Å²) >= 11 is 1.68. The highest BCUT2D eigenvalue weighted by molar-refractivity contribution is 7.24. The van der Waals surface area contributed by atoms with Crippen molar-refractivity contribution in [1.82, 2.24) is 0 Å². The van der Waals surface area contributed by atoms with E-state index in [1.54, 1.807) is 29.5 Å². The number of benzene rings is 6. The van der Waals surface area contributed by atoms with Crippen LogP contribution in [0.1, 0.15) is 32.8 Å². The van der Waals surface area contributed by atoms with Crippen LogP contribution in [0.4, 0.5) is 15.8 Å². The van der Waals surface area contributed by atoms with E-state index >= 15 is 0 Å². The minimum Gasteiger partial charge on any atom is -0.311 e. The summed E-state index contributed by atoms with van der Waals surface area (Å²) in [7, 11) is 0. The Morgan fingerprint density at radius 3 is 1.71 bits per heavy atom. The number of fused-ring (bicyclic) bond motifs is 2. The second kappa shape index (κ2) is 19.3. The fourth-order valence-electron chi connectivity index (χ4n) is 6.36.